The molecule has 1 amide bonds. The molecule has 1 saturated heterocycles. The quantitative estimate of drug-likeness (QED) is 0.674. The SMILES string of the molecule is O=C(c1cc2ccc(O)cc2[nH]1)N1CCC(Cc2ccc(O)cc2)CC1. The Kier molecular flexibility index (Phi) is 4.29. The van der Waals surface area contributed by atoms with Gasteiger partial charge in [-0.25, -0.2) is 0 Å². The van der Waals surface area contributed by atoms with Crippen LogP contribution in [-0.4, -0.2) is 39.1 Å². The van der Waals surface area contributed by atoms with Crippen LogP contribution < -0.4 is 0 Å². The van der Waals surface area contributed by atoms with Gasteiger partial charge in [-0.3, -0.25) is 4.79 Å². The summed E-state index contributed by atoms with van der Waals surface area (Å²) in [6.07, 6.45) is 2.94. The molecular weight excluding hydrogens is 328 g/mol. The fraction of sp³-hybridized carbons (Fsp3) is 0.286. The van der Waals surface area contributed by atoms with Crippen molar-refractivity contribution >= 4 is 16.8 Å². The van der Waals surface area contributed by atoms with Crippen molar-refractivity contribution in [1.82, 2.24) is 9.88 Å². The van der Waals surface area contributed by atoms with Gasteiger partial charge in [0.15, 0.2) is 0 Å². The number of nitrogens with one attached hydrogen (secondary N) is 1. The Labute approximate surface area is 151 Å². The normalized spacial score (nSPS) is 15.5. The summed E-state index contributed by atoms with van der Waals surface area (Å²) in [6, 6.07) is 14.3. The summed E-state index contributed by atoms with van der Waals surface area (Å²) in [5.41, 5.74) is 2.57. The number of aromatic hydroxyl groups is 2. The minimum Gasteiger partial charge on any atom is -0.508 e. The summed E-state index contributed by atoms with van der Waals surface area (Å²) in [7, 11) is 0. The maximum atomic E-state index is 12.8. The first kappa shape index (κ1) is 16.5. The maximum Gasteiger partial charge on any atom is 0.270 e. The molecule has 4 rings (SSSR count). The van der Waals surface area contributed by atoms with Gasteiger partial charge < -0.3 is 20.1 Å². The van der Waals surface area contributed by atoms with E-state index in [-0.39, 0.29) is 11.7 Å². The number of nitrogens with zero attached hydrogens (tertiary/aromatic N) is 1. The van der Waals surface area contributed by atoms with Crippen LogP contribution in [-0.2, 0) is 6.42 Å². The Morgan fingerprint density at radius 1 is 1.00 bits per heavy atom. The largest absolute Gasteiger partial charge is 0.508 e. The van der Waals surface area contributed by atoms with Gasteiger partial charge in [-0.2, -0.15) is 0 Å². The lowest BCUT2D eigenvalue weighted by molar-refractivity contribution is 0.0685. The van der Waals surface area contributed by atoms with Gasteiger partial charge in [-0.1, -0.05) is 12.1 Å². The molecule has 0 bridgehead atoms. The van der Waals surface area contributed by atoms with Crippen LogP contribution in [0.3, 0.4) is 0 Å². The second-order valence-corrected chi connectivity index (χ2v) is 7.06. The van der Waals surface area contributed by atoms with Crippen LogP contribution >= 0.6 is 0 Å². The topological polar surface area (TPSA) is 76.6 Å². The van der Waals surface area contributed by atoms with Crippen LogP contribution in [0.4, 0.5) is 0 Å². The Hall–Kier alpha value is -2.95. The van der Waals surface area contributed by atoms with E-state index >= 15 is 0 Å². The number of aromatic nitrogens is 1. The lowest BCUT2D eigenvalue weighted by atomic mass is 9.90. The number of H-pyrrole nitrogens is 1. The molecule has 0 saturated carbocycles. The molecular formula is C21H22N2O3. The van der Waals surface area contributed by atoms with Crippen molar-refractivity contribution in [3.05, 3.63) is 59.8 Å². The van der Waals surface area contributed by atoms with Crippen molar-refractivity contribution < 1.29 is 15.0 Å². The molecule has 0 aliphatic carbocycles. The summed E-state index contributed by atoms with van der Waals surface area (Å²) < 4.78 is 0. The molecule has 1 aliphatic heterocycles. The number of phenolic OH excluding ortho intramolecular Hbond substituents is 2. The molecule has 0 spiro atoms. The van der Waals surface area contributed by atoms with Gasteiger partial charge in [-0.15, -0.1) is 0 Å². The molecule has 0 atom stereocenters. The number of carbonyl (C=O) groups is 1. The third-order valence-corrected chi connectivity index (χ3v) is 5.20. The molecule has 26 heavy (non-hydrogen) atoms. The van der Waals surface area contributed by atoms with Gasteiger partial charge in [0, 0.05) is 30.1 Å². The van der Waals surface area contributed by atoms with Crippen LogP contribution in [0, 0.1) is 5.92 Å². The third kappa shape index (κ3) is 3.38. The van der Waals surface area contributed by atoms with Gasteiger partial charge in [0.2, 0.25) is 0 Å². The van der Waals surface area contributed by atoms with Crippen LogP contribution in [0.2, 0.25) is 0 Å². The van der Waals surface area contributed by atoms with Crippen molar-refractivity contribution in [2.45, 2.75) is 19.3 Å². The number of hydrogen-bond donors (Lipinski definition) is 3. The van der Waals surface area contributed by atoms with E-state index in [9.17, 15) is 15.0 Å². The van der Waals surface area contributed by atoms with Gasteiger partial charge in [0.25, 0.3) is 5.91 Å². The van der Waals surface area contributed by atoms with Crippen molar-refractivity contribution in [2.75, 3.05) is 13.1 Å². The number of amides is 1. The van der Waals surface area contributed by atoms with E-state index in [0.717, 1.165) is 43.3 Å². The number of aromatic amines is 1. The number of phenols is 2. The maximum absolute atomic E-state index is 12.8. The van der Waals surface area contributed by atoms with E-state index in [1.807, 2.05) is 29.2 Å². The average Bonchev–Trinajstić information content (AvgIpc) is 3.07. The zero-order valence-corrected chi connectivity index (χ0v) is 14.5. The molecule has 3 N–H and O–H groups in total. The van der Waals surface area contributed by atoms with Crippen LogP contribution in [0.15, 0.2) is 48.5 Å². The molecule has 5 heteroatoms. The molecule has 1 fully saturated rings. The summed E-state index contributed by atoms with van der Waals surface area (Å²) in [5, 5.41) is 19.9. The summed E-state index contributed by atoms with van der Waals surface area (Å²) >= 11 is 0. The van der Waals surface area contributed by atoms with Gasteiger partial charge >= 0.3 is 0 Å². The minimum atomic E-state index is 0.0174. The minimum absolute atomic E-state index is 0.0174. The lowest BCUT2D eigenvalue weighted by Gasteiger charge is -2.31. The second kappa shape index (κ2) is 6.75. The number of likely N-dealkylation sites (tertiary alicyclic amines) is 1. The molecule has 3 aromatic rings. The Morgan fingerprint density at radius 3 is 2.42 bits per heavy atom. The van der Waals surface area contributed by atoms with E-state index in [1.165, 1.54) is 5.56 Å². The number of piperidine rings is 1. The molecule has 1 aromatic heterocycles. The predicted octanol–water partition coefficient (Wildman–Crippen LogP) is 3.67. The molecule has 0 radical (unpaired) electrons. The number of rotatable bonds is 3. The van der Waals surface area contributed by atoms with Crippen LogP contribution in [0.25, 0.3) is 10.9 Å². The third-order valence-electron chi connectivity index (χ3n) is 5.20. The van der Waals surface area contributed by atoms with Crippen LogP contribution in [0.5, 0.6) is 11.5 Å². The zero-order valence-electron chi connectivity index (χ0n) is 14.5. The van der Waals surface area contributed by atoms with E-state index in [1.54, 1.807) is 24.3 Å². The zero-order chi connectivity index (χ0) is 18.1. The highest BCUT2D eigenvalue weighted by Crippen LogP contribution is 2.25. The summed E-state index contributed by atoms with van der Waals surface area (Å²) in [4.78, 5) is 17.8. The van der Waals surface area contributed by atoms with Gasteiger partial charge in [0.1, 0.15) is 17.2 Å². The highest BCUT2D eigenvalue weighted by atomic mass is 16.3. The van der Waals surface area contributed by atoms with Crippen molar-refractivity contribution in [1.29, 1.82) is 0 Å². The number of carbonyl (C=O) groups excluding carboxylic acids is 1. The van der Waals surface area contributed by atoms with E-state index in [2.05, 4.69) is 4.98 Å². The fourth-order valence-electron chi connectivity index (χ4n) is 3.71. The summed E-state index contributed by atoms with van der Waals surface area (Å²) in [6.45, 7) is 1.50. The van der Waals surface area contributed by atoms with Gasteiger partial charge in [0.05, 0.1) is 0 Å². The fourth-order valence-corrected chi connectivity index (χ4v) is 3.71. The number of hydrogen-bond acceptors (Lipinski definition) is 3. The molecule has 2 aromatic carbocycles. The molecule has 2 heterocycles. The number of fused-ring (bicyclic) bond motifs is 1. The van der Waals surface area contributed by atoms with Crippen LogP contribution in [0.1, 0.15) is 28.9 Å². The lowest BCUT2D eigenvalue weighted by Crippen LogP contribution is -2.39. The van der Waals surface area contributed by atoms with E-state index < -0.39 is 0 Å². The van der Waals surface area contributed by atoms with Crippen molar-refractivity contribution in [3.8, 4) is 11.5 Å². The Morgan fingerprint density at radius 2 is 1.69 bits per heavy atom. The Bertz CT molecular complexity index is 922. The Balaban J connectivity index is 1.38. The first-order valence-corrected chi connectivity index (χ1v) is 8.97. The van der Waals surface area contributed by atoms with Gasteiger partial charge in [-0.05, 0) is 61.1 Å². The highest BCUT2D eigenvalue weighted by Gasteiger charge is 2.24. The van der Waals surface area contributed by atoms with E-state index in [4.69, 9.17) is 0 Å². The number of benzene rings is 2. The second-order valence-electron chi connectivity index (χ2n) is 7.06. The van der Waals surface area contributed by atoms with Crippen molar-refractivity contribution in [2.24, 2.45) is 5.92 Å². The van der Waals surface area contributed by atoms with Crippen molar-refractivity contribution in [3.63, 3.8) is 0 Å². The first-order valence-electron chi connectivity index (χ1n) is 8.97. The van der Waals surface area contributed by atoms with E-state index in [0.29, 0.717) is 17.4 Å². The molecule has 1 aliphatic rings. The first-order chi connectivity index (χ1) is 12.6. The highest BCUT2D eigenvalue weighted by molar-refractivity contribution is 5.98. The summed E-state index contributed by atoms with van der Waals surface area (Å²) in [5.74, 6) is 1.06. The predicted molar refractivity (Wildman–Crippen MR) is 100 cm³/mol. The molecule has 0 unspecified atom stereocenters. The molecule has 5 nitrogen and oxygen atoms in total. The monoisotopic (exact) mass is 350 g/mol. The smallest absolute Gasteiger partial charge is 0.270 e. The average molecular weight is 350 g/mol. The standard InChI is InChI=1S/C21H22N2O3/c24-17-4-1-14(2-5-17)11-15-7-9-23(10-8-15)21(26)20-12-16-3-6-18(25)13-19(16)22-20/h1-6,12-13,15,22,24-25H,7-11H2. The molecule has 134 valence electrons.